The third kappa shape index (κ3) is 3.41. The number of carbonyl (C=O) groups is 2. The number of urea groups is 1. The van der Waals surface area contributed by atoms with E-state index >= 15 is 0 Å². The summed E-state index contributed by atoms with van der Waals surface area (Å²) >= 11 is 0. The highest BCUT2D eigenvalue weighted by Gasteiger charge is 2.06. The molecule has 0 atom stereocenters. The number of benzene rings is 1. The second-order valence-electron chi connectivity index (χ2n) is 4.09. The molecule has 6 nitrogen and oxygen atoms in total. The smallest absolute Gasteiger partial charge is 0.308 e. The molecule has 1 aromatic carbocycles. The predicted molar refractivity (Wildman–Crippen MR) is 72.3 cm³/mol. The third-order valence-corrected chi connectivity index (χ3v) is 2.48. The number of carbonyl (C=O) groups excluding carboxylic acids is 2. The van der Waals surface area contributed by atoms with E-state index in [9.17, 15) is 9.59 Å². The number of hydrogen-bond acceptors (Lipinski definition) is 3. The van der Waals surface area contributed by atoms with Gasteiger partial charge in [0.15, 0.2) is 11.6 Å². The molecule has 0 saturated heterocycles. The molecule has 2 rings (SSSR count). The van der Waals surface area contributed by atoms with Crippen LogP contribution in [-0.2, 0) is 7.05 Å². The fourth-order valence-corrected chi connectivity index (χ4v) is 1.58. The van der Waals surface area contributed by atoms with Crippen LogP contribution in [0, 0.1) is 0 Å². The fourth-order valence-electron chi connectivity index (χ4n) is 1.58. The summed E-state index contributed by atoms with van der Waals surface area (Å²) in [7, 11) is 1.76. The van der Waals surface area contributed by atoms with Gasteiger partial charge in [-0.2, -0.15) is 5.10 Å². The Morgan fingerprint density at radius 3 is 2.63 bits per heavy atom. The number of nitrogens with zero attached hydrogens (tertiary/aromatic N) is 2. The summed E-state index contributed by atoms with van der Waals surface area (Å²) in [5.74, 6) is 0.413. The van der Waals surface area contributed by atoms with Crippen molar-refractivity contribution in [2.75, 3.05) is 10.6 Å². The molecular formula is C13H14N4O2. The zero-order chi connectivity index (χ0) is 13.8. The minimum Gasteiger partial charge on any atom is -0.308 e. The molecule has 2 amide bonds. The molecule has 0 bridgehead atoms. The maximum absolute atomic E-state index is 11.7. The monoisotopic (exact) mass is 258 g/mol. The van der Waals surface area contributed by atoms with Crippen LogP contribution in [0.2, 0.25) is 0 Å². The van der Waals surface area contributed by atoms with Crippen molar-refractivity contribution in [3.8, 4) is 0 Å². The van der Waals surface area contributed by atoms with Crippen LogP contribution in [0.15, 0.2) is 36.5 Å². The van der Waals surface area contributed by atoms with E-state index < -0.39 is 6.03 Å². The molecule has 0 saturated carbocycles. The number of Topliss-reactive ketones (excluding diaryl/α,β-unsaturated/α-hetero) is 1. The Bertz CT molecular complexity index is 619. The molecule has 0 fully saturated rings. The van der Waals surface area contributed by atoms with Gasteiger partial charge >= 0.3 is 6.03 Å². The van der Waals surface area contributed by atoms with Crippen LogP contribution in [0.3, 0.4) is 0 Å². The Morgan fingerprint density at radius 1 is 1.21 bits per heavy atom. The Morgan fingerprint density at radius 2 is 2.00 bits per heavy atom. The first kappa shape index (κ1) is 12.8. The Balaban J connectivity index is 2.02. The number of hydrogen-bond donors (Lipinski definition) is 2. The van der Waals surface area contributed by atoms with E-state index in [-0.39, 0.29) is 5.78 Å². The maximum Gasteiger partial charge on any atom is 0.324 e. The molecule has 1 heterocycles. The highest BCUT2D eigenvalue weighted by molar-refractivity contribution is 6.00. The summed E-state index contributed by atoms with van der Waals surface area (Å²) in [6, 6.07) is 8.03. The van der Waals surface area contributed by atoms with E-state index in [0.717, 1.165) is 0 Å². The van der Waals surface area contributed by atoms with Crippen molar-refractivity contribution in [2.24, 2.45) is 7.05 Å². The molecule has 0 radical (unpaired) electrons. The molecular weight excluding hydrogens is 244 g/mol. The summed E-state index contributed by atoms with van der Waals surface area (Å²) in [6.45, 7) is 1.48. The average molecular weight is 258 g/mol. The molecule has 0 unspecified atom stereocenters. The minimum atomic E-state index is -0.403. The molecule has 2 N–H and O–H groups in total. The SMILES string of the molecule is CC(=O)c1cccc(NC(=O)Nc2ccn(C)n2)c1. The van der Waals surface area contributed by atoms with E-state index in [1.54, 1.807) is 48.3 Å². The lowest BCUT2D eigenvalue weighted by atomic mass is 10.1. The molecule has 0 spiro atoms. The summed E-state index contributed by atoms with van der Waals surface area (Å²) in [5.41, 5.74) is 1.11. The van der Waals surface area contributed by atoms with Crippen molar-refractivity contribution in [3.63, 3.8) is 0 Å². The topological polar surface area (TPSA) is 76.0 Å². The van der Waals surface area contributed by atoms with Gasteiger partial charge in [0, 0.05) is 30.6 Å². The first-order valence-corrected chi connectivity index (χ1v) is 5.73. The normalized spacial score (nSPS) is 10.0. The van der Waals surface area contributed by atoms with Gasteiger partial charge in [-0.15, -0.1) is 0 Å². The lowest BCUT2D eigenvalue weighted by Crippen LogP contribution is -2.20. The van der Waals surface area contributed by atoms with Crippen LogP contribution in [0.1, 0.15) is 17.3 Å². The number of anilines is 2. The van der Waals surface area contributed by atoms with Gasteiger partial charge in [0.25, 0.3) is 0 Å². The van der Waals surface area contributed by atoms with Crippen LogP contribution in [0.4, 0.5) is 16.3 Å². The maximum atomic E-state index is 11.7. The lowest BCUT2D eigenvalue weighted by molar-refractivity contribution is 0.101. The summed E-state index contributed by atoms with van der Waals surface area (Å²) in [5, 5.41) is 9.27. The Kier molecular flexibility index (Phi) is 3.61. The largest absolute Gasteiger partial charge is 0.324 e. The number of ketones is 1. The summed E-state index contributed by atoms with van der Waals surface area (Å²) in [6.07, 6.45) is 1.73. The average Bonchev–Trinajstić information content (AvgIpc) is 2.74. The fraction of sp³-hybridized carbons (Fsp3) is 0.154. The van der Waals surface area contributed by atoms with Crippen molar-refractivity contribution in [1.82, 2.24) is 9.78 Å². The van der Waals surface area contributed by atoms with Crippen molar-refractivity contribution in [1.29, 1.82) is 0 Å². The zero-order valence-electron chi connectivity index (χ0n) is 10.7. The van der Waals surface area contributed by atoms with Gasteiger partial charge in [-0.05, 0) is 19.1 Å². The number of rotatable bonds is 3. The molecule has 0 aliphatic carbocycles. The molecule has 19 heavy (non-hydrogen) atoms. The van der Waals surface area contributed by atoms with E-state index in [1.165, 1.54) is 6.92 Å². The first-order chi connectivity index (χ1) is 9.04. The zero-order valence-corrected chi connectivity index (χ0v) is 10.7. The highest BCUT2D eigenvalue weighted by Crippen LogP contribution is 2.11. The van der Waals surface area contributed by atoms with Crippen molar-refractivity contribution >= 4 is 23.3 Å². The molecule has 0 aliphatic rings. The van der Waals surface area contributed by atoms with Gasteiger partial charge in [-0.25, -0.2) is 4.79 Å². The first-order valence-electron chi connectivity index (χ1n) is 5.73. The van der Waals surface area contributed by atoms with Crippen LogP contribution in [0.5, 0.6) is 0 Å². The van der Waals surface area contributed by atoms with Gasteiger partial charge in [0.2, 0.25) is 0 Å². The van der Waals surface area contributed by atoms with Crippen LogP contribution < -0.4 is 10.6 Å². The molecule has 0 aliphatic heterocycles. The molecule has 6 heteroatoms. The van der Waals surface area contributed by atoms with Crippen LogP contribution in [-0.4, -0.2) is 21.6 Å². The number of amides is 2. The van der Waals surface area contributed by atoms with E-state index in [4.69, 9.17) is 0 Å². The highest BCUT2D eigenvalue weighted by atomic mass is 16.2. The van der Waals surface area contributed by atoms with Crippen LogP contribution in [0.25, 0.3) is 0 Å². The van der Waals surface area contributed by atoms with Gasteiger partial charge in [0.1, 0.15) is 0 Å². The minimum absolute atomic E-state index is 0.0474. The van der Waals surface area contributed by atoms with E-state index in [0.29, 0.717) is 17.1 Å². The number of aryl methyl sites for hydroxylation is 1. The van der Waals surface area contributed by atoms with E-state index in [2.05, 4.69) is 15.7 Å². The number of aromatic nitrogens is 2. The summed E-state index contributed by atoms with van der Waals surface area (Å²) in [4.78, 5) is 23.0. The van der Waals surface area contributed by atoms with E-state index in [1.807, 2.05) is 0 Å². The Hall–Kier alpha value is -2.63. The van der Waals surface area contributed by atoms with Gasteiger partial charge in [0.05, 0.1) is 0 Å². The quantitative estimate of drug-likeness (QED) is 0.829. The lowest BCUT2D eigenvalue weighted by Gasteiger charge is -2.06. The van der Waals surface area contributed by atoms with Gasteiger partial charge < -0.3 is 5.32 Å². The van der Waals surface area contributed by atoms with Gasteiger partial charge in [-0.1, -0.05) is 12.1 Å². The third-order valence-electron chi connectivity index (χ3n) is 2.48. The predicted octanol–water partition coefficient (Wildman–Crippen LogP) is 2.27. The van der Waals surface area contributed by atoms with Crippen molar-refractivity contribution < 1.29 is 9.59 Å². The summed E-state index contributed by atoms with van der Waals surface area (Å²) < 4.78 is 1.59. The van der Waals surface area contributed by atoms with Crippen LogP contribution >= 0.6 is 0 Å². The van der Waals surface area contributed by atoms with Crippen molar-refractivity contribution in [3.05, 3.63) is 42.1 Å². The standard InChI is InChI=1S/C13H14N4O2/c1-9(18)10-4-3-5-11(8-10)14-13(19)15-12-6-7-17(2)16-12/h3-8H,1-2H3,(H2,14,15,16,19). The van der Waals surface area contributed by atoms with Gasteiger partial charge in [-0.3, -0.25) is 14.8 Å². The Labute approximate surface area is 110 Å². The second kappa shape index (κ2) is 5.34. The van der Waals surface area contributed by atoms with Crippen molar-refractivity contribution in [2.45, 2.75) is 6.92 Å². The molecule has 2 aromatic rings. The molecule has 98 valence electrons. The second-order valence-corrected chi connectivity index (χ2v) is 4.09. The number of nitrogens with one attached hydrogen (secondary N) is 2. The molecule has 1 aromatic heterocycles.